The number of hydrogen-bond donors (Lipinski definition) is 0. The standard InChI is InChI=1S/C19H26/c1-13-10-14-8-9-16(18(2,3)4)11-15(14)12-17(13)19(5,6)7/h8-12H,1-7H3. The Morgan fingerprint density at radius 2 is 1.32 bits per heavy atom. The third-order valence-electron chi connectivity index (χ3n) is 3.86. The zero-order valence-electron chi connectivity index (χ0n) is 13.4. The van der Waals surface area contributed by atoms with Crippen molar-refractivity contribution in [1.29, 1.82) is 0 Å². The second-order valence-corrected chi connectivity index (χ2v) is 7.73. The molecule has 2 aromatic carbocycles. The van der Waals surface area contributed by atoms with E-state index in [9.17, 15) is 0 Å². The van der Waals surface area contributed by atoms with Crippen molar-refractivity contribution in [3.63, 3.8) is 0 Å². The van der Waals surface area contributed by atoms with E-state index >= 15 is 0 Å². The lowest BCUT2D eigenvalue weighted by atomic mass is 9.81. The van der Waals surface area contributed by atoms with Crippen LogP contribution in [0.25, 0.3) is 10.8 Å². The zero-order chi connectivity index (χ0) is 14.4. The van der Waals surface area contributed by atoms with E-state index in [1.807, 2.05) is 0 Å². The van der Waals surface area contributed by atoms with Crippen molar-refractivity contribution in [2.45, 2.75) is 59.3 Å². The monoisotopic (exact) mass is 254 g/mol. The van der Waals surface area contributed by atoms with Crippen molar-refractivity contribution in [2.75, 3.05) is 0 Å². The van der Waals surface area contributed by atoms with Gasteiger partial charge in [0.25, 0.3) is 0 Å². The van der Waals surface area contributed by atoms with Crippen LogP contribution in [0.2, 0.25) is 0 Å². The maximum Gasteiger partial charge on any atom is -0.0129 e. The molecule has 0 N–H and O–H groups in total. The van der Waals surface area contributed by atoms with Gasteiger partial charge in [-0.15, -0.1) is 0 Å². The van der Waals surface area contributed by atoms with Crippen molar-refractivity contribution in [2.24, 2.45) is 0 Å². The predicted molar refractivity (Wildman–Crippen MR) is 86.1 cm³/mol. The molecule has 2 rings (SSSR count). The summed E-state index contributed by atoms with van der Waals surface area (Å²) in [6.45, 7) is 15.9. The van der Waals surface area contributed by atoms with Crippen LogP contribution in [0.1, 0.15) is 58.2 Å². The van der Waals surface area contributed by atoms with E-state index in [0.29, 0.717) is 0 Å². The zero-order valence-corrected chi connectivity index (χ0v) is 13.4. The van der Waals surface area contributed by atoms with Crippen LogP contribution in [0.5, 0.6) is 0 Å². The molecule has 0 heterocycles. The minimum absolute atomic E-state index is 0.204. The van der Waals surface area contributed by atoms with Crippen molar-refractivity contribution in [1.82, 2.24) is 0 Å². The molecule has 0 saturated carbocycles. The van der Waals surface area contributed by atoms with E-state index in [0.717, 1.165) is 0 Å². The summed E-state index contributed by atoms with van der Waals surface area (Å²) in [6.07, 6.45) is 0. The van der Waals surface area contributed by atoms with Crippen molar-refractivity contribution in [3.05, 3.63) is 47.0 Å². The fraction of sp³-hybridized carbons (Fsp3) is 0.474. The van der Waals surface area contributed by atoms with E-state index in [1.165, 1.54) is 27.5 Å². The number of benzene rings is 2. The molecule has 0 radical (unpaired) electrons. The Kier molecular flexibility index (Phi) is 3.24. The summed E-state index contributed by atoms with van der Waals surface area (Å²) < 4.78 is 0. The van der Waals surface area contributed by atoms with Crippen LogP contribution in [-0.2, 0) is 10.8 Å². The Balaban J connectivity index is 2.69. The Bertz CT molecular complexity index is 604. The number of hydrogen-bond acceptors (Lipinski definition) is 0. The Hall–Kier alpha value is -1.30. The first-order valence-corrected chi connectivity index (χ1v) is 7.14. The number of rotatable bonds is 0. The molecule has 0 spiro atoms. The summed E-state index contributed by atoms with van der Waals surface area (Å²) in [6, 6.07) is 11.6. The van der Waals surface area contributed by atoms with Crippen molar-refractivity contribution >= 4 is 10.8 Å². The van der Waals surface area contributed by atoms with E-state index in [1.54, 1.807) is 0 Å². The van der Waals surface area contributed by atoms with Gasteiger partial charge in [0.15, 0.2) is 0 Å². The summed E-state index contributed by atoms with van der Waals surface area (Å²) in [5.41, 5.74) is 4.66. The molecule has 0 unspecified atom stereocenters. The molecule has 19 heavy (non-hydrogen) atoms. The van der Waals surface area contributed by atoms with Crippen molar-refractivity contribution < 1.29 is 0 Å². The van der Waals surface area contributed by atoms with Gasteiger partial charge in [-0.2, -0.15) is 0 Å². The molecular weight excluding hydrogens is 228 g/mol. The molecule has 102 valence electrons. The first-order valence-electron chi connectivity index (χ1n) is 7.14. The van der Waals surface area contributed by atoms with Gasteiger partial charge >= 0.3 is 0 Å². The summed E-state index contributed by atoms with van der Waals surface area (Å²) >= 11 is 0. The average Bonchev–Trinajstić information content (AvgIpc) is 2.24. The van der Waals surface area contributed by atoms with Crippen LogP contribution in [0, 0.1) is 6.92 Å². The maximum absolute atomic E-state index is 2.37. The molecule has 0 aliphatic rings. The molecule has 0 amide bonds. The fourth-order valence-corrected chi connectivity index (χ4v) is 2.69. The van der Waals surface area contributed by atoms with Gasteiger partial charge in [-0.3, -0.25) is 0 Å². The second kappa shape index (κ2) is 4.37. The minimum atomic E-state index is 0.204. The molecule has 0 fully saturated rings. The SMILES string of the molecule is Cc1cc2ccc(C(C)(C)C)cc2cc1C(C)(C)C. The van der Waals surface area contributed by atoms with Gasteiger partial charge in [0.1, 0.15) is 0 Å². The van der Waals surface area contributed by atoms with Crippen molar-refractivity contribution in [3.8, 4) is 0 Å². The molecule has 0 heteroatoms. The molecule has 0 aromatic heterocycles. The normalized spacial score (nSPS) is 13.0. The predicted octanol–water partition coefficient (Wildman–Crippen LogP) is 5.74. The summed E-state index contributed by atoms with van der Waals surface area (Å²) in [5.74, 6) is 0. The second-order valence-electron chi connectivity index (χ2n) is 7.73. The van der Waals surface area contributed by atoms with Crippen LogP contribution in [0.3, 0.4) is 0 Å². The van der Waals surface area contributed by atoms with E-state index in [4.69, 9.17) is 0 Å². The quantitative estimate of drug-likeness (QED) is 0.562. The highest BCUT2D eigenvalue weighted by Gasteiger charge is 2.18. The van der Waals surface area contributed by atoms with Gasteiger partial charge < -0.3 is 0 Å². The Morgan fingerprint density at radius 1 is 0.684 bits per heavy atom. The highest BCUT2D eigenvalue weighted by molar-refractivity contribution is 5.85. The van der Waals surface area contributed by atoms with Crippen LogP contribution in [0.4, 0.5) is 0 Å². The number of fused-ring (bicyclic) bond motifs is 1. The van der Waals surface area contributed by atoms with Gasteiger partial charge in [-0.05, 0) is 45.2 Å². The molecule has 0 saturated heterocycles. The van der Waals surface area contributed by atoms with Gasteiger partial charge in [-0.25, -0.2) is 0 Å². The van der Waals surface area contributed by atoms with Gasteiger partial charge in [0.05, 0.1) is 0 Å². The molecule has 2 aromatic rings. The summed E-state index contributed by atoms with van der Waals surface area (Å²) in [7, 11) is 0. The largest absolute Gasteiger partial charge is 0.0579 e. The minimum Gasteiger partial charge on any atom is -0.0579 e. The highest BCUT2D eigenvalue weighted by atomic mass is 14.2. The molecular formula is C19H26. The molecule has 0 aliphatic heterocycles. The summed E-state index contributed by atoms with van der Waals surface area (Å²) in [4.78, 5) is 0. The fourth-order valence-electron chi connectivity index (χ4n) is 2.69. The summed E-state index contributed by atoms with van der Waals surface area (Å²) in [5, 5.41) is 2.71. The van der Waals surface area contributed by atoms with Crippen LogP contribution in [-0.4, -0.2) is 0 Å². The van der Waals surface area contributed by atoms with Gasteiger partial charge in [-0.1, -0.05) is 71.9 Å². The molecule has 0 bridgehead atoms. The maximum atomic E-state index is 2.37. The van der Waals surface area contributed by atoms with Gasteiger partial charge in [0, 0.05) is 0 Å². The smallest absolute Gasteiger partial charge is 0.0129 e. The number of aryl methyl sites for hydroxylation is 1. The topological polar surface area (TPSA) is 0 Å². The first-order chi connectivity index (χ1) is 8.59. The van der Waals surface area contributed by atoms with E-state index < -0.39 is 0 Å². The third-order valence-corrected chi connectivity index (χ3v) is 3.86. The van der Waals surface area contributed by atoms with Crippen LogP contribution < -0.4 is 0 Å². The van der Waals surface area contributed by atoms with Crippen LogP contribution in [0.15, 0.2) is 30.3 Å². The average molecular weight is 254 g/mol. The third kappa shape index (κ3) is 2.83. The first kappa shape index (κ1) is 14.1. The molecule has 0 aliphatic carbocycles. The Morgan fingerprint density at radius 3 is 1.84 bits per heavy atom. The molecule has 0 atom stereocenters. The van der Waals surface area contributed by atoms with E-state index in [2.05, 4.69) is 78.8 Å². The lowest BCUT2D eigenvalue weighted by Gasteiger charge is -2.24. The lowest BCUT2D eigenvalue weighted by molar-refractivity contribution is 0.586. The van der Waals surface area contributed by atoms with Gasteiger partial charge in [0.2, 0.25) is 0 Å². The highest BCUT2D eigenvalue weighted by Crippen LogP contribution is 2.32. The van der Waals surface area contributed by atoms with Crippen LogP contribution >= 0.6 is 0 Å². The van der Waals surface area contributed by atoms with E-state index in [-0.39, 0.29) is 10.8 Å². The Labute approximate surface area is 117 Å². The lowest BCUT2D eigenvalue weighted by Crippen LogP contribution is -2.13. The molecule has 0 nitrogen and oxygen atoms in total.